The second-order valence-electron chi connectivity index (χ2n) is 8.95. The first-order valence-corrected chi connectivity index (χ1v) is 12.0. The molecular formula is C26H34N4O3. The zero-order valence-corrected chi connectivity index (χ0v) is 19.7. The van der Waals surface area contributed by atoms with Crippen molar-refractivity contribution in [3.63, 3.8) is 0 Å². The molecule has 7 heteroatoms. The highest BCUT2D eigenvalue weighted by Crippen LogP contribution is 2.29. The molecule has 2 bridgehead atoms. The molecule has 176 valence electrons. The van der Waals surface area contributed by atoms with Crippen LogP contribution in [0.15, 0.2) is 48.7 Å². The number of benzene rings is 1. The highest BCUT2D eigenvalue weighted by atomic mass is 16.5. The standard InChI is InChI=1S/C26H34N4O3/c1-3-25(31)30-16-14-21-10-8-11-22(28(21)2)18-29(17-20-9-4-5-12-23(20)30)26(32)19-33-24-13-6-7-15-27-24/h4-7,9,12-13,15,21-22H,3,8,10-11,14,16-19H2,1-2H3. The number of fused-ring (bicyclic) bond motifs is 3. The van der Waals surface area contributed by atoms with Crippen molar-refractivity contribution in [1.29, 1.82) is 0 Å². The van der Waals surface area contributed by atoms with Crippen LogP contribution < -0.4 is 9.64 Å². The second kappa shape index (κ2) is 10.8. The van der Waals surface area contributed by atoms with E-state index in [1.54, 1.807) is 12.3 Å². The number of carbonyl (C=O) groups is 2. The fourth-order valence-electron chi connectivity index (χ4n) is 4.99. The highest BCUT2D eigenvalue weighted by molar-refractivity contribution is 5.94. The minimum Gasteiger partial charge on any atom is -0.468 e. The number of piperidine rings is 1. The maximum atomic E-state index is 13.3. The van der Waals surface area contributed by atoms with Crippen molar-refractivity contribution in [3.8, 4) is 5.88 Å². The molecule has 33 heavy (non-hydrogen) atoms. The Morgan fingerprint density at radius 2 is 1.82 bits per heavy atom. The maximum absolute atomic E-state index is 13.3. The largest absolute Gasteiger partial charge is 0.468 e. The van der Waals surface area contributed by atoms with E-state index in [-0.39, 0.29) is 18.4 Å². The molecule has 2 aliphatic rings. The van der Waals surface area contributed by atoms with Crippen LogP contribution in [0, 0.1) is 0 Å². The smallest absolute Gasteiger partial charge is 0.260 e. The first-order valence-electron chi connectivity index (χ1n) is 12.0. The van der Waals surface area contributed by atoms with E-state index in [0.717, 1.165) is 36.9 Å². The monoisotopic (exact) mass is 450 g/mol. The third-order valence-electron chi connectivity index (χ3n) is 6.92. The zero-order chi connectivity index (χ0) is 23.2. The van der Waals surface area contributed by atoms with Crippen LogP contribution in [0.4, 0.5) is 5.69 Å². The minimum absolute atomic E-state index is 0.0589. The number of hydrogen-bond donors (Lipinski definition) is 0. The number of carbonyl (C=O) groups excluding carboxylic acids is 2. The van der Waals surface area contributed by atoms with Gasteiger partial charge in [-0.2, -0.15) is 0 Å². The van der Waals surface area contributed by atoms with E-state index in [1.807, 2.05) is 53.1 Å². The van der Waals surface area contributed by atoms with Gasteiger partial charge in [0.15, 0.2) is 6.61 Å². The number of anilines is 1. The van der Waals surface area contributed by atoms with Crippen molar-refractivity contribution in [1.82, 2.24) is 14.8 Å². The number of para-hydroxylation sites is 1. The van der Waals surface area contributed by atoms with Gasteiger partial charge in [-0.1, -0.05) is 37.6 Å². The number of amides is 2. The Bertz CT molecular complexity index is 952. The van der Waals surface area contributed by atoms with Crippen LogP contribution in [0.25, 0.3) is 0 Å². The number of hydrogen-bond acceptors (Lipinski definition) is 5. The van der Waals surface area contributed by atoms with Crippen molar-refractivity contribution in [2.75, 3.05) is 31.6 Å². The molecule has 2 unspecified atom stereocenters. The van der Waals surface area contributed by atoms with E-state index in [2.05, 4.69) is 16.9 Å². The van der Waals surface area contributed by atoms with E-state index >= 15 is 0 Å². The Hall–Kier alpha value is -2.93. The van der Waals surface area contributed by atoms with Gasteiger partial charge in [0.2, 0.25) is 11.8 Å². The Balaban J connectivity index is 1.64. The SMILES string of the molecule is CCC(=O)N1CCC2CCCC(CN(C(=O)COc3ccccn3)Cc3ccccc31)N2C. The normalized spacial score (nSPS) is 21.6. The molecule has 2 amide bonds. The number of nitrogens with zero attached hydrogens (tertiary/aromatic N) is 4. The lowest BCUT2D eigenvalue weighted by Gasteiger charge is -2.41. The van der Waals surface area contributed by atoms with Crippen LogP contribution in [0.2, 0.25) is 0 Å². The summed E-state index contributed by atoms with van der Waals surface area (Å²) in [5.41, 5.74) is 1.90. The van der Waals surface area contributed by atoms with E-state index in [9.17, 15) is 9.59 Å². The molecule has 2 aliphatic heterocycles. The molecule has 1 aromatic heterocycles. The van der Waals surface area contributed by atoms with Crippen molar-refractivity contribution in [3.05, 3.63) is 54.2 Å². The summed E-state index contributed by atoms with van der Waals surface area (Å²) in [7, 11) is 2.17. The van der Waals surface area contributed by atoms with Gasteiger partial charge in [0.05, 0.1) is 0 Å². The van der Waals surface area contributed by atoms with Crippen molar-refractivity contribution < 1.29 is 14.3 Å². The summed E-state index contributed by atoms with van der Waals surface area (Å²) >= 11 is 0. The van der Waals surface area contributed by atoms with Crippen LogP contribution >= 0.6 is 0 Å². The fourth-order valence-corrected chi connectivity index (χ4v) is 4.99. The molecule has 2 aromatic rings. The molecular weight excluding hydrogens is 416 g/mol. The average molecular weight is 451 g/mol. The molecule has 1 saturated heterocycles. The topological polar surface area (TPSA) is 66.0 Å². The Labute approximate surface area is 196 Å². The van der Waals surface area contributed by atoms with Gasteiger partial charge < -0.3 is 14.5 Å². The lowest BCUT2D eigenvalue weighted by atomic mass is 9.93. The third kappa shape index (κ3) is 5.53. The number of aromatic nitrogens is 1. The molecule has 2 atom stereocenters. The summed E-state index contributed by atoms with van der Waals surface area (Å²) in [4.78, 5) is 36.7. The third-order valence-corrected chi connectivity index (χ3v) is 6.92. The number of likely N-dealkylation sites (N-methyl/N-ethyl adjacent to an activating group) is 1. The molecule has 4 rings (SSSR count). The lowest BCUT2D eigenvalue weighted by Crippen LogP contribution is -2.51. The molecule has 7 nitrogen and oxygen atoms in total. The van der Waals surface area contributed by atoms with Gasteiger partial charge in [-0.15, -0.1) is 0 Å². The molecule has 0 N–H and O–H groups in total. The summed E-state index contributed by atoms with van der Waals surface area (Å²) < 4.78 is 5.69. The number of pyridine rings is 1. The van der Waals surface area contributed by atoms with Crippen molar-refractivity contribution in [2.45, 2.75) is 57.7 Å². The van der Waals surface area contributed by atoms with Crippen molar-refractivity contribution >= 4 is 17.5 Å². The van der Waals surface area contributed by atoms with Crippen molar-refractivity contribution in [2.24, 2.45) is 0 Å². The number of ether oxygens (including phenoxy) is 1. The van der Waals surface area contributed by atoms with Crippen LogP contribution in [-0.2, 0) is 16.1 Å². The van der Waals surface area contributed by atoms with Gasteiger partial charge in [0.1, 0.15) is 0 Å². The first-order chi connectivity index (χ1) is 16.1. The van der Waals surface area contributed by atoms with Crippen LogP contribution in [0.1, 0.15) is 44.6 Å². The minimum atomic E-state index is -0.0707. The van der Waals surface area contributed by atoms with Gasteiger partial charge in [0, 0.05) is 56.1 Å². The maximum Gasteiger partial charge on any atom is 0.260 e. The lowest BCUT2D eigenvalue weighted by molar-refractivity contribution is -0.135. The quantitative estimate of drug-likeness (QED) is 0.714. The summed E-state index contributed by atoms with van der Waals surface area (Å²) in [6.07, 6.45) is 6.37. The Kier molecular flexibility index (Phi) is 7.60. The van der Waals surface area contributed by atoms with E-state index < -0.39 is 0 Å². The van der Waals surface area contributed by atoms with Gasteiger partial charge in [-0.3, -0.25) is 14.5 Å². The molecule has 0 aliphatic carbocycles. The first kappa shape index (κ1) is 23.2. The zero-order valence-electron chi connectivity index (χ0n) is 19.7. The summed E-state index contributed by atoms with van der Waals surface area (Å²) in [6, 6.07) is 14.1. The molecule has 0 saturated carbocycles. The predicted octanol–water partition coefficient (Wildman–Crippen LogP) is 3.49. The predicted molar refractivity (Wildman–Crippen MR) is 128 cm³/mol. The summed E-state index contributed by atoms with van der Waals surface area (Å²) in [5.74, 6) is 0.491. The van der Waals surface area contributed by atoms with Gasteiger partial charge in [0.25, 0.3) is 5.91 Å². The van der Waals surface area contributed by atoms with E-state index in [0.29, 0.717) is 44.0 Å². The second-order valence-corrected chi connectivity index (χ2v) is 8.95. The molecule has 1 aromatic carbocycles. The van der Waals surface area contributed by atoms with Gasteiger partial charge in [-0.25, -0.2) is 4.98 Å². The Morgan fingerprint density at radius 1 is 1.03 bits per heavy atom. The average Bonchev–Trinajstić information content (AvgIpc) is 2.86. The molecule has 0 spiro atoms. The molecule has 1 fully saturated rings. The van der Waals surface area contributed by atoms with Crippen LogP contribution in [0.3, 0.4) is 0 Å². The Morgan fingerprint density at radius 3 is 2.61 bits per heavy atom. The van der Waals surface area contributed by atoms with Crippen LogP contribution in [0.5, 0.6) is 5.88 Å². The summed E-state index contributed by atoms with van der Waals surface area (Å²) in [5, 5.41) is 0. The van der Waals surface area contributed by atoms with E-state index in [4.69, 9.17) is 4.74 Å². The molecule has 0 radical (unpaired) electrons. The number of rotatable bonds is 4. The van der Waals surface area contributed by atoms with Gasteiger partial charge in [-0.05, 0) is 44.0 Å². The summed E-state index contributed by atoms with van der Waals surface area (Å²) in [6.45, 7) is 3.64. The van der Waals surface area contributed by atoms with Gasteiger partial charge >= 0.3 is 0 Å². The van der Waals surface area contributed by atoms with E-state index in [1.165, 1.54) is 0 Å². The molecule has 3 heterocycles. The highest BCUT2D eigenvalue weighted by Gasteiger charge is 2.32. The fraction of sp³-hybridized carbons (Fsp3) is 0.500. The van der Waals surface area contributed by atoms with Crippen LogP contribution in [-0.4, -0.2) is 65.4 Å².